The number of fused-ring (bicyclic) bond motifs is 1. The first kappa shape index (κ1) is 17.4. The van der Waals surface area contributed by atoms with Gasteiger partial charge >= 0.3 is 0 Å². The zero-order valence-corrected chi connectivity index (χ0v) is 14.8. The Hall–Kier alpha value is -3.03. The van der Waals surface area contributed by atoms with E-state index in [2.05, 4.69) is 0 Å². The number of hydrogen-bond acceptors (Lipinski definition) is 3. The van der Waals surface area contributed by atoms with Gasteiger partial charge in [0.05, 0.1) is 29.8 Å². The van der Waals surface area contributed by atoms with Crippen molar-refractivity contribution < 1.29 is 9.50 Å². The molecule has 1 atom stereocenters. The first-order valence-corrected chi connectivity index (χ1v) is 9.09. The molecule has 1 N–H and O–H groups in total. The van der Waals surface area contributed by atoms with E-state index in [1.807, 2.05) is 36.4 Å². The molecule has 1 aromatic heterocycles. The molecular formula is C23H19FN2O. The van der Waals surface area contributed by atoms with Gasteiger partial charge in [-0.3, -0.25) is 4.98 Å². The van der Waals surface area contributed by atoms with Gasteiger partial charge in [-0.05, 0) is 36.6 Å². The van der Waals surface area contributed by atoms with Gasteiger partial charge in [-0.1, -0.05) is 42.5 Å². The average Bonchev–Trinajstić information content (AvgIpc) is 3.51. The van der Waals surface area contributed by atoms with Gasteiger partial charge in [-0.25, -0.2) is 4.39 Å². The zero-order valence-electron chi connectivity index (χ0n) is 14.8. The van der Waals surface area contributed by atoms with Crippen LogP contribution < -0.4 is 0 Å². The van der Waals surface area contributed by atoms with Gasteiger partial charge in [0.25, 0.3) is 0 Å². The number of aliphatic hydroxyl groups excluding tert-OH is 1. The van der Waals surface area contributed by atoms with Crippen molar-refractivity contribution in [2.24, 2.45) is 0 Å². The summed E-state index contributed by atoms with van der Waals surface area (Å²) in [6.07, 6.45) is 4.92. The fourth-order valence-electron chi connectivity index (χ4n) is 3.38. The van der Waals surface area contributed by atoms with Crippen molar-refractivity contribution in [2.75, 3.05) is 0 Å². The minimum absolute atomic E-state index is 0.0438. The van der Waals surface area contributed by atoms with Crippen LogP contribution in [0.25, 0.3) is 28.1 Å². The lowest BCUT2D eigenvalue weighted by Gasteiger charge is -2.16. The van der Waals surface area contributed by atoms with E-state index < -0.39 is 6.10 Å². The highest BCUT2D eigenvalue weighted by molar-refractivity contribution is 5.99. The van der Waals surface area contributed by atoms with Crippen LogP contribution in [0.5, 0.6) is 0 Å². The molecule has 1 saturated carbocycles. The van der Waals surface area contributed by atoms with E-state index >= 15 is 0 Å². The number of rotatable bonds is 5. The van der Waals surface area contributed by atoms with Crippen LogP contribution >= 0.6 is 0 Å². The predicted octanol–water partition coefficient (Wildman–Crippen LogP) is 5.21. The number of hydrogen-bond donors (Lipinski definition) is 1. The minimum Gasteiger partial charge on any atom is -0.388 e. The maximum absolute atomic E-state index is 13.5. The van der Waals surface area contributed by atoms with Gasteiger partial charge < -0.3 is 5.11 Å². The van der Waals surface area contributed by atoms with Gasteiger partial charge in [0, 0.05) is 22.4 Å². The Morgan fingerprint density at radius 1 is 1.19 bits per heavy atom. The topological polar surface area (TPSA) is 56.9 Å². The summed E-state index contributed by atoms with van der Waals surface area (Å²) in [7, 11) is 0. The van der Waals surface area contributed by atoms with Crippen LogP contribution in [0, 0.1) is 17.1 Å². The van der Waals surface area contributed by atoms with E-state index in [4.69, 9.17) is 10.2 Å². The monoisotopic (exact) mass is 358 g/mol. The van der Waals surface area contributed by atoms with E-state index in [0.717, 1.165) is 46.1 Å². The van der Waals surface area contributed by atoms with Gasteiger partial charge in [-0.15, -0.1) is 0 Å². The molecule has 1 aliphatic carbocycles. The Kier molecular flexibility index (Phi) is 4.70. The van der Waals surface area contributed by atoms with Crippen LogP contribution in [0.2, 0.25) is 0 Å². The fraction of sp³-hybridized carbons (Fsp3) is 0.217. The Morgan fingerprint density at radius 2 is 1.93 bits per heavy atom. The lowest BCUT2D eigenvalue weighted by atomic mass is 9.92. The maximum Gasteiger partial charge on any atom is 0.123 e. The van der Waals surface area contributed by atoms with E-state index in [-0.39, 0.29) is 12.2 Å². The Morgan fingerprint density at radius 3 is 2.63 bits per heavy atom. The summed E-state index contributed by atoms with van der Waals surface area (Å²) in [5.74, 6) is 0.127. The molecule has 1 unspecified atom stereocenters. The molecule has 0 bridgehead atoms. The predicted molar refractivity (Wildman–Crippen MR) is 104 cm³/mol. The van der Waals surface area contributed by atoms with Crippen LogP contribution in [0.4, 0.5) is 4.39 Å². The molecule has 0 aliphatic heterocycles. The normalized spacial score (nSPS) is 15.1. The number of pyridine rings is 1. The van der Waals surface area contributed by atoms with Gasteiger partial charge in [0.15, 0.2) is 0 Å². The summed E-state index contributed by atoms with van der Waals surface area (Å²) >= 11 is 0. The maximum atomic E-state index is 13.5. The summed E-state index contributed by atoms with van der Waals surface area (Å²) in [5, 5.41) is 19.8. The highest BCUT2D eigenvalue weighted by Crippen LogP contribution is 2.45. The summed E-state index contributed by atoms with van der Waals surface area (Å²) in [4.78, 5) is 4.89. The molecular weight excluding hydrogens is 339 g/mol. The molecule has 1 heterocycles. The number of benzene rings is 2. The lowest BCUT2D eigenvalue weighted by Crippen LogP contribution is -2.02. The molecule has 3 nitrogen and oxygen atoms in total. The number of aliphatic hydroxyl groups is 1. The van der Waals surface area contributed by atoms with Crippen molar-refractivity contribution in [3.05, 3.63) is 71.7 Å². The summed E-state index contributed by atoms with van der Waals surface area (Å²) in [6.45, 7) is 0. The van der Waals surface area contributed by atoms with Crippen LogP contribution in [0.1, 0.15) is 36.4 Å². The Balaban J connectivity index is 1.97. The van der Waals surface area contributed by atoms with Crippen molar-refractivity contribution in [1.29, 1.82) is 5.26 Å². The first-order chi connectivity index (χ1) is 13.2. The number of aromatic nitrogens is 1. The third-order valence-electron chi connectivity index (χ3n) is 4.84. The van der Waals surface area contributed by atoms with Crippen molar-refractivity contribution in [3.8, 4) is 17.2 Å². The third-order valence-corrected chi connectivity index (χ3v) is 4.84. The van der Waals surface area contributed by atoms with Crippen LogP contribution in [-0.4, -0.2) is 16.2 Å². The average molecular weight is 358 g/mol. The van der Waals surface area contributed by atoms with Crippen molar-refractivity contribution in [3.63, 3.8) is 0 Å². The Labute approximate surface area is 157 Å². The number of para-hydroxylation sites is 1. The molecule has 1 aliphatic rings. The highest BCUT2D eigenvalue weighted by Gasteiger charge is 2.29. The van der Waals surface area contributed by atoms with E-state index in [1.165, 1.54) is 12.1 Å². The molecule has 134 valence electrons. The molecule has 2 aromatic carbocycles. The van der Waals surface area contributed by atoms with E-state index in [9.17, 15) is 9.50 Å². The number of nitriles is 1. The van der Waals surface area contributed by atoms with Crippen molar-refractivity contribution >= 4 is 17.0 Å². The summed E-state index contributed by atoms with van der Waals surface area (Å²) < 4.78 is 13.5. The molecule has 1 fully saturated rings. The molecule has 4 rings (SSSR count). The van der Waals surface area contributed by atoms with Crippen molar-refractivity contribution in [1.82, 2.24) is 4.98 Å². The molecule has 0 radical (unpaired) electrons. The van der Waals surface area contributed by atoms with E-state index in [0.29, 0.717) is 5.92 Å². The molecule has 0 spiro atoms. The molecule has 4 heteroatoms. The van der Waals surface area contributed by atoms with Gasteiger partial charge in [-0.2, -0.15) is 5.26 Å². The summed E-state index contributed by atoms with van der Waals surface area (Å²) in [5.41, 5.74) is 4.76. The lowest BCUT2D eigenvalue weighted by molar-refractivity contribution is 0.229. The number of nitrogens with zero attached hydrogens (tertiary/aromatic N) is 2. The van der Waals surface area contributed by atoms with Gasteiger partial charge in [0.1, 0.15) is 5.82 Å². The fourth-order valence-corrected chi connectivity index (χ4v) is 3.38. The quantitative estimate of drug-likeness (QED) is 0.681. The van der Waals surface area contributed by atoms with Crippen LogP contribution in [0.3, 0.4) is 0 Å². The molecule has 0 amide bonds. The first-order valence-electron chi connectivity index (χ1n) is 9.09. The second kappa shape index (κ2) is 7.30. The van der Waals surface area contributed by atoms with Crippen LogP contribution in [0.15, 0.2) is 54.6 Å². The van der Waals surface area contributed by atoms with E-state index in [1.54, 1.807) is 18.2 Å². The third kappa shape index (κ3) is 3.60. The van der Waals surface area contributed by atoms with Crippen LogP contribution in [-0.2, 0) is 0 Å². The zero-order chi connectivity index (χ0) is 18.8. The smallest absolute Gasteiger partial charge is 0.123 e. The minimum atomic E-state index is -0.824. The number of halogens is 1. The molecule has 27 heavy (non-hydrogen) atoms. The van der Waals surface area contributed by atoms with Gasteiger partial charge in [0.2, 0.25) is 0 Å². The SMILES string of the molecule is N#CCC(O)/C=C/c1c(C2CC2)nc2ccccc2c1-c1ccc(F)cc1. The van der Waals surface area contributed by atoms with Crippen molar-refractivity contribution in [2.45, 2.75) is 31.3 Å². The largest absolute Gasteiger partial charge is 0.388 e. The second-order valence-corrected chi connectivity index (χ2v) is 6.87. The second-order valence-electron chi connectivity index (χ2n) is 6.87. The molecule has 0 saturated heterocycles. The molecule has 3 aromatic rings. The highest BCUT2D eigenvalue weighted by atomic mass is 19.1. The standard InChI is InChI=1S/C23H19FN2O/c24-17-9-7-15(8-10-17)22-19-3-1-2-4-21(19)26-23(16-5-6-16)20(22)12-11-18(27)13-14-25/h1-4,7-12,16,18,27H,5-6,13H2/b12-11+. The Bertz CT molecular complexity index is 1050. The summed E-state index contributed by atoms with van der Waals surface area (Å²) in [6, 6.07) is 16.4.